The van der Waals surface area contributed by atoms with E-state index in [0.29, 0.717) is 0 Å². The van der Waals surface area contributed by atoms with Crippen LogP contribution in [0.25, 0.3) is 0 Å². The summed E-state index contributed by atoms with van der Waals surface area (Å²) in [4.78, 5) is 2.11. The van der Waals surface area contributed by atoms with E-state index in [4.69, 9.17) is 4.55 Å². The Bertz CT molecular complexity index is 281. The SMILES string of the molecule is CN1CC/C(=C\CS(=O)(=O)O)C1. The lowest BCUT2D eigenvalue weighted by atomic mass is 10.2. The van der Waals surface area contributed by atoms with Gasteiger partial charge in [0.05, 0.1) is 5.75 Å². The summed E-state index contributed by atoms with van der Waals surface area (Å²) < 4.78 is 29.2. The van der Waals surface area contributed by atoms with Gasteiger partial charge in [-0.2, -0.15) is 8.42 Å². The lowest BCUT2D eigenvalue weighted by molar-refractivity contribution is 0.425. The Labute approximate surface area is 72.6 Å². The van der Waals surface area contributed by atoms with Gasteiger partial charge < -0.3 is 4.90 Å². The summed E-state index contributed by atoms with van der Waals surface area (Å²) in [6, 6.07) is 0. The van der Waals surface area contributed by atoms with Gasteiger partial charge in [0.25, 0.3) is 10.1 Å². The van der Waals surface area contributed by atoms with Crippen molar-refractivity contribution < 1.29 is 13.0 Å². The molecule has 1 N–H and O–H groups in total. The minimum atomic E-state index is -3.82. The van der Waals surface area contributed by atoms with E-state index in [1.807, 2.05) is 7.05 Å². The van der Waals surface area contributed by atoms with Crippen molar-refractivity contribution in [1.82, 2.24) is 4.90 Å². The Morgan fingerprint density at radius 1 is 1.67 bits per heavy atom. The van der Waals surface area contributed by atoms with Crippen LogP contribution in [0.2, 0.25) is 0 Å². The molecule has 0 amide bonds. The first-order valence-electron chi connectivity index (χ1n) is 3.79. The maximum atomic E-state index is 10.4. The molecule has 0 aromatic heterocycles. The summed E-state index contributed by atoms with van der Waals surface area (Å²) in [7, 11) is -1.84. The average molecular weight is 191 g/mol. The van der Waals surface area contributed by atoms with Crippen molar-refractivity contribution in [1.29, 1.82) is 0 Å². The second-order valence-electron chi connectivity index (χ2n) is 3.10. The fourth-order valence-corrected chi connectivity index (χ4v) is 1.68. The Hall–Kier alpha value is -0.390. The predicted octanol–water partition coefficient (Wildman–Crippen LogP) is 0.136. The molecule has 0 aromatic rings. The molecule has 0 atom stereocenters. The van der Waals surface area contributed by atoms with E-state index >= 15 is 0 Å². The smallest absolute Gasteiger partial charge is 0.268 e. The van der Waals surface area contributed by atoms with Gasteiger partial charge in [0.1, 0.15) is 0 Å². The van der Waals surface area contributed by atoms with Crippen LogP contribution in [0.1, 0.15) is 6.42 Å². The maximum Gasteiger partial charge on any atom is 0.268 e. The minimum Gasteiger partial charge on any atom is -0.302 e. The third-order valence-corrected chi connectivity index (χ3v) is 2.46. The summed E-state index contributed by atoms with van der Waals surface area (Å²) in [5, 5.41) is 0. The quantitative estimate of drug-likeness (QED) is 0.498. The van der Waals surface area contributed by atoms with Crippen LogP contribution in [0.4, 0.5) is 0 Å². The molecule has 1 aliphatic rings. The molecule has 0 radical (unpaired) electrons. The molecule has 0 bridgehead atoms. The Balaban J connectivity index is 2.49. The molecule has 12 heavy (non-hydrogen) atoms. The second-order valence-corrected chi connectivity index (χ2v) is 4.60. The number of hydrogen-bond acceptors (Lipinski definition) is 3. The summed E-state index contributed by atoms with van der Waals surface area (Å²) in [6.07, 6.45) is 2.50. The highest BCUT2D eigenvalue weighted by atomic mass is 32.2. The maximum absolute atomic E-state index is 10.4. The minimum absolute atomic E-state index is 0.254. The second kappa shape index (κ2) is 3.55. The van der Waals surface area contributed by atoms with Crippen molar-refractivity contribution in [2.75, 3.05) is 25.9 Å². The van der Waals surface area contributed by atoms with Crippen molar-refractivity contribution in [3.8, 4) is 0 Å². The molecular formula is C7H13NO3S. The Kier molecular flexibility index (Phi) is 2.87. The number of hydrogen-bond donors (Lipinski definition) is 1. The normalized spacial score (nSPS) is 23.7. The van der Waals surface area contributed by atoms with Crippen LogP contribution in [-0.4, -0.2) is 43.8 Å². The van der Waals surface area contributed by atoms with E-state index in [1.165, 1.54) is 0 Å². The topological polar surface area (TPSA) is 57.6 Å². The van der Waals surface area contributed by atoms with E-state index < -0.39 is 10.1 Å². The molecule has 4 nitrogen and oxygen atoms in total. The zero-order valence-corrected chi connectivity index (χ0v) is 7.84. The number of likely N-dealkylation sites (N-methyl/N-ethyl adjacent to an activating group) is 1. The van der Waals surface area contributed by atoms with Gasteiger partial charge in [-0.25, -0.2) is 0 Å². The molecule has 1 fully saturated rings. The van der Waals surface area contributed by atoms with Crippen LogP contribution in [0.5, 0.6) is 0 Å². The highest BCUT2D eigenvalue weighted by molar-refractivity contribution is 7.85. The lowest BCUT2D eigenvalue weighted by Gasteiger charge is -2.02. The highest BCUT2D eigenvalue weighted by Gasteiger charge is 2.12. The van der Waals surface area contributed by atoms with E-state index in [0.717, 1.165) is 25.1 Å². The summed E-state index contributed by atoms with van der Waals surface area (Å²) in [5.74, 6) is -0.254. The molecule has 0 aromatic carbocycles. The number of rotatable bonds is 2. The van der Waals surface area contributed by atoms with Gasteiger partial charge in [-0.3, -0.25) is 4.55 Å². The molecule has 5 heteroatoms. The molecule has 1 heterocycles. The average Bonchev–Trinajstić information content (AvgIpc) is 2.30. The van der Waals surface area contributed by atoms with Crippen LogP contribution in [-0.2, 0) is 10.1 Å². The molecule has 0 aliphatic carbocycles. The molecule has 0 spiro atoms. The first-order chi connectivity index (χ1) is 5.47. The zero-order chi connectivity index (χ0) is 9.19. The summed E-state index contributed by atoms with van der Waals surface area (Å²) in [5.41, 5.74) is 1.09. The fourth-order valence-electron chi connectivity index (χ4n) is 1.23. The van der Waals surface area contributed by atoms with Crippen LogP contribution in [0.3, 0.4) is 0 Å². The zero-order valence-electron chi connectivity index (χ0n) is 7.02. The predicted molar refractivity (Wildman–Crippen MR) is 46.6 cm³/mol. The first-order valence-corrected chi connectivity index (χ1v) is 5.40. The van der Waals surface area contributed by atoms with Gasteiger partial charge in [-0.05, 0) is 13.5 Å². The monoisotopic (exact) mass is 191 g/mol. The molecule has 70 valence electrons. The molecule has 1 aliphatic heterocycles. The standard InChI is InChI=1S/C7H13NO3S/c1-8-4-2-7(6-8)3-5-12(9,10)11/h3H,2,4-6H2,1H3,(H,9,10,11)/b7-3+. The molecule has 1 rings (SSSR count). The first kappa shape index (κ1) is 9.70. The largest absolute Gasteiger partial charge is 0.302 e. The van der Waals surface area contributed by atoms with Gasteiger partial charge in [0.15, 0.2) is 0 Å². The summed E-state index contributed by atoms with van der Waals surface area (Å²) >= 11 is 0. The Morgan fingerprint density at radius 3 is 2.75 bits per heavy atom. The van der Waals surface area contributed by atoms with Gasteiger partial charge in [-0.1, -0.05) is 11.6 Å². The number of likely N-dealkylation sites (tertiary alicyclic amines) is 1. The van der Waals surface area contributed by atoms with E-state index in [1.54, 1.807) is 6.08 Å². The van der Waals surface area contributed by atoms with E-state index in [2.05, 4.69) is 4.90 Å². The fraction of sp³-hybridized carbons (Fsp3) is 0.714. The van der Waals surface area contributed by atoms with Crippen molar-refractivity contribution in [2.24, 2.45) is 0 Å². The summed E-state index contributed by atoms with van der Waals surface area (Å²) in [6.45, 7) is 1.78. The third kappa shape index (κ3) is 3.34. The Morgan fingerprint density at radius 2 is 2.33 bits per heavy atom. The highest BCUT2D eigenvalue weighted by Crippen LogP contribution is 2.12. The van der Waals surface area contributed by atoms with Crippen LogP contribution in [0, 0.1) is 0 Å². The lowest BCUT2D eigenvalue weighted by Crippen LogP contribution is -2.11. The van der Waals surface area contributed by atoms with Gasteiger partial charge in [0, 0.05) is 13.1 Å². The molecular weight excluding hydrogens is 178 g/mol. The van der Waals surface area contributed by atoms with Crippen LogP contribution >= 0.6 is 0 Å². The van der Waals surface area contributed by atoms with Crippen LogP contribution in [0.15, 0.2) is 11.6 Å². The van der Waals surface area contributed by atoms with Gasteiger partial charge in [-0.15, -0.1) is 0 Å². The van der Waals surface area contributed by atoms with Crippen LogP contribution < -0.4 is 0 Å². The van der Waals surface area contributed by atoms with Gasteiger partial charge >= 0.3 is 0 Å². The van der Waals surface area contributed by atoms with Crippen molar-refractivity contribution >= 4 is 10.1 Å². The molecule has 0 saturated carbocycles. The van der Waals surface area contributed by atoms with Crippen molar-refractivity contribution in [2.45, 2.75) is 6.42 Å². The van der Waals surface area contributed by atoms with Crippen molar-refractivity contribution in [3.05, 3.63) is 11.6 Å². The van der Waals surface area contributed by atoms with E-state index in [-0.39, 0.29) is 5.75 Å². The van der Waals surface area contributed by atoms with Gasteiger partial charge in [0.2, 0.25) is 0 Å². The van der Waals surface area contributed by atoms with E-state index in [9.17, 15) is 8.42 Å². The molecule has 1 saturated heterocycles. The van der Waals surface area contributed by atoms with Crippen molar-refractivity contribution in [3.63, 3.8) is 0 Å². The number of nitrogens with zero attached hydrogens (tertiary/aromatic N) is 1. The molecule has 0 unspecified atom stereocenters. The third-order valence-electron chi connectivity index (χ3n) is 1.87.